The molecule has 0 aromatic carbocycles. The molecule has 1 unspecified atom stereocenters. The maximum atomic E-state index is 11.7. The maximum Gasteiger partial charge on any atom is 0.174 e. The minimum atomic E-state index is -0.364. The van der Waals surface area contributed by atoms with Gasteiger partial charge in [-0.2, -0.15) is 0 Å². The molecular formula is C13H27NO3S2. The van der Waals surface area contributed by atoms with Crippen molar-refractivity contribution in [2.24, 2.45) is 0 Å². The lowest BCUT2D eigenvalue weighted by Crippen LogP contribution is -2.28. The number of thiol groups is 1. The highest BCUT2D eigenvalue weighted by molar-refractivity contribution is 8.69. The number of carbonyl (C=O) groups excluding carboxylic acids is 1. The van der Waals surface area contributed by atoms with E-state index in [2.05, 4.69) is 30.8 Å². The van der Waals surface area contributed by atoms with Crippen LogP contribution in [0.2, 0.25) is 0 Å². The Kier molecular flexibility index (Phi) is 12.2. The van der Waals surface area contributed by atoms with Gasteiger partial charge in [-0.1, -0.05) is 24.6 Å². The summed E-state index contributed by atoms with van der Waals surface area (Å²) in [6.07, 6.45) is 0.444. The summed E-state index contributed by atoms with van der Waals surface area (Å²) >= 11 is 4.04. The predicted octanol–water partition coefficient (Wildman–Crippen LogP) is 2.33. The molecule has 6 heteroatoms. The van der Waals surface area contributed by atoms with Gasteiger partial charge >= 0.3 is 0 Å². The average molecular weight is 309 g/mol. The van der Waals surface area contributed by atoms with Crippen molar-refractivity contribution < 1.29 is 14.3 Å². The first-order valence-corrected chi connectivity index (χ1v) is 8.69. The Morgan fingerprint density at radius 2 is 1.89 bits per heavy atom. The van der Waals surface area contributed by atoms with E-state index in [1.165, 1.54) is 10.8 Å². The van der Waals surface area contributed by atoms with Crippen molar-refractivity contribution in [2.75, 3.05) is 26.4 Å². The highest BCUT2D eigenvalue weighted by Crippen LogP contribution is 2.17. The molecule has 1 N–H and O–H groups in total. The van der Waals surface area contributed by atoms with Gasteiger partial charge in [0.2, 0.25) is 0 Å². The normalized spacial score (nSPS) is 14.6. The molecule has 0 aromatic rings. The van der Waals surface area contributed by atoms with Crippen LogP contribution in [0.25, 0.3) is 0 Å². The fourth-order valence-electron chi connectivity index (χ4n) is 1.41. The number of nitrogens with one attached hydrogen (secondary N) is 1. The number of ether oxygens (including phenoxy) is 2. The van der Waals surface area contributed by atoms with Gasteiger partial charge in [0.1, 0.15) is 6.10 Å². The molecule has 0 bridgehead atoms. The molecule has 0 aliphatic rings. The molecule has 19 heavy (non-hydrogen) atoms. The highest BCUT2D eigenvalue weighted by atomic mass is 33.1. The number of hydrogen-bond donors (Lipinski definition) is 2. The van der Waals surface area contributed by atoms with Crippen LogP contribution >= 0.6 is 22.5 Å². The van der Waals surface area contributed by atoms with Crippen molar-refractivity contribution in [1.82, 2.24) is 5.32 Å². The Morgan fingerprint density at radius 3 is 2.47 bits per heavy atom. The first-order valence-electron chi connectivity index (χ1n) is 6.75. The van der Waals surface area contributed by atoms with Crippen molar-refractivity contribution in [3.8, 4) is 0 Å². The summed E-state index contributed by atoms with van der Waals surface area (Å²) in [4.78, 5) is 11.7. The first kappa shape index (κ1) is 19.2. The van der Waals surface area contributed by atoms with Gasteiger partial charge in [-0.05, 0) is 20.3 Å². The van der Waals surface area contributed by atoms with E-state index < -0.39 is 0 Å². The molecule has 0 aliphatic heterocycles. The van der Waals surface area contributed by atoms with E-state index in [9.17, 15) is 4.79 Å². The third kappa shape index (κ3) is 10.7. The lowest BCUT2D eigenvalue weighted by molar-refractivity contribution is -0.128. The van der Waals surface area contributed by atoms with Crippen LogP contribution in [0.5, 0.6) is 0 Å². The zero-order chi connectivity index (χ0) is 14.7. The number of carbonyl (C=O) groups is 1. The predicted molar refractivity (Wildman–Crippen MR) is 85.0 cm³/mol. The van der Waals surface area contributed by atoms with Crippen LogP contribution in [0, 0.1) is 0 Å². The molecule has 0 heterocycles. The molecule has 0 amide bonds. The fourth-order valence-corrected chi connectivity index (χ4v) is 2.01. The number of Topliss-reactive ketones (excluding diaryl/α,β-unsaturated/α-hetero) is 1. The summed E-state index contributed by atoms with van der Waals surface area (Å²) in [7, 11) is 1.25. The summed E-state index contributed by atoms with van der Waals surface area (Å²) in [6.45, 7) is 10.6. The van der Waals surface area contributed by atoms with Crippen LogP contribution in [0.15, 0.2) is 0 Å². The van der Waals surface area contributed by atoms with Crippen LogP contribution in [-0.4, -0.2) is 49.5 Å². The van der Waals surface area contributed by atoms with Crippen molar-refractivity contribution in [2.45, 2.75) is 51.5 Å². The lowest BCUT2D eigenvalue weighted by Gasteiger charge is -2.15. The minimum Gasteiger partial charge on any atom is -0.380 e. The van der Waals surface area contributed by atoms with E-state index in [0.717, 1.165) is 13.0 Å². The Labute approximate surface area is 126 Å². The van der Waals surface area contributed by atoms with Gasteiger partial charge in [0, 0.05) is 25.8 Å². The SMILES string of the molecule is CC(C)NCCOCCCO[C@H](C)C(=O)C(C)SS. The monoisotopic (exact) mass is 309 g/mol. The zero-order valence-electron chi connectivity index (χ0n) is 12.3. The van der Waals surface area contributed by atoms with Gasteiger partial charge in [0.05, 0.1) is 11.9 Å². The molecule has 0 aromatic heterocycles. The fraction of sp³-hybridized carbons (Fsp3) is 0.923. The summed E-state index contributed by atoms with van der Waals surface area (Å²) in [6, 6.07) is 0.491. The number of ketones is 1. The molecule has 2 atom stereocenters. The van der Waals surface area contributed by atoms with Crippen LogP contribution in [0.1, 0.15) is 34.1 Å². The maximum absolute atomic E-state index is 11.7. The average Bonchev–Trinajstić information content (AvgIpc) is 2.39. The van der Waals surface area contributed by atoms with E-state index >= 15 is 0 Å². The van der Waals surface area contributed by atoms with E-state index in [1.54, 1.807) is 6.92 Å². The van der Waals surface area contributed by atoms with Crippen molar-refractivity contribution >= 4 is 28.2 Å². The topological polar surface area (TPSA) is 47.6 Å². The third-order valence-corrected chi connectivity index (χ3v) is 4.06. The smallest absolute Gasteiger partial charge is 0.174 e. The Hall–Kier alpha value is 0.250. The minimum absolute atomic E-state index is 0.0852. The van der Waals surface area contributed by atoms with Crippen LogP contribution in [0.3, 0.4) is 0 Å². The van der Waals surface area contributed by atoms with Crippen molar-refractivity contribution in [3.63, 3.8) is 0 Å². The second kappa shape index (κ2) is 12.0. The third-order valence-electron chi connectivity index (χ3n) is 2.56. The summed E-state index contributed by atoms with van der Waals surface area (Å²) < 4.78 is 10.9. The Balaban J connectivity index is 3.41. The van der Waals surface area contributed by atoms with E-state index in [-0.39, 0.29) is 17.1 Å². The van der Waals surface area contributed by atoms with Gasteiger partial charge in [0.25, 0.3) is 0 Å². The molecule has 114 valence electrons. The van der Waals surface area contributed by atoms with Crippen LogP contribution in [-0.2, 0) is 14.3 Å². The molecule has 0 spiro atoms. The number of rotatable bonds is 12. The molecule has 0 fully saturated rings. The second-order valence-corrected chi connectivity index (χ2v) is 6.29. The second-order valence-electron chi connectivity index (χ2n) is 4.74. The quantitative estimate of drug-likeness (QED) is 0.329. The van der Waals surface area contributed by atoms with Crippen molar-refractivity contribution in [3.05, 3.63) is 0 Å². The first-order chi connectivity index (χ1) is 8.99. The molecule has 4 nitrogen and oxygen atoms in total. The molecule has 0 aliphatic carbocycles. The Bertz CT molecular complexity index is 240. The molecule has 0 rings (SSSR count). The van der Waals surface area contributed by atoms with Gasteiger partial charge in [-0.3, -0.25) is 4.79 Å². The summed E-state index contributed by atoms with van der Waals surface area (Å²) in [5.74, 6) is 0.0852. The molecule has 0 radical (unpaired) electrons. The van der Waals surface area contributed by atoms with Crippen molar-refractivity contribution in [1.29, 1.82) is 0 Å². The zero-order valence-corrected chi connectivity index (χ0v) is 14.1. The van der Waals surface area contributed by atoms with Crippen LogP contribution in [0.4, 0.5) is 0 Å². The molecular weight excluding hydrogens is 282 g/mol. The highest BCUT2D eigenvalue weighted by Gasteiger charge is 2.19. The van der Waals surface area contributed by atoms with Crippen LogP contribution < -0.4 is 5.32 Å². The van der Waals surface area contributed by atoms with Gasteiger partial charge in [-0.15, -0.1) is 11.7 Å². The Morgan fingerprint density at radius 1 is 1.21 bits per heavy atom. The van der Waals surface area contributed by atoms with Gasteiger partial charge in [0.15, 0.2) is 5.78 Å². The van der Waals surface area contributed by atoms with Gasteiger partial charge < -0.3 is 14.8 Å². The summed E-state index contributed by atoms with van der Waals surface area (Å²) in [5, 5.41) is 3.15. The summed E-state index contributed by atoms with van der Waals surface area (Å²) in [5.41, 5.74) is 0. The standard InChI is InChI=1S/C13H27NO3S2/c1-10(2)14-6-9-16-7-5-8-17-11(3)13(15)12(4)19-18/h10-12,14,18H,5-9H2,1-4H3/t11-,12?/m1/s1. The van der Waals surface area contributed by atoms with E-state index in [0.29, 0.717) is 25.9 Å². The van der Waals surface area contributed by atoms with E-state index in [1.807, 2.05) is 6.92 Å². The molecule has 0 saturated heterocycles. The lowest BCUT2D eigenvalue weighted by atomic mass is 10.2. The number of hydrogen-bond acceptors (Lipinski definition) is 6. The van der Waals surface area contributed by atoms with Gasteiger partial charge in [-0.25, -0.2) is 0 Å². The van der Waals surface area contributed by atoms with E-state index in [4.69, 9.17) is 9.47 Å². The largest absolute Gasteiger partial charge is 0.380 e. The molecule has 0 saturated carbocycles.